The number of anilines is 1. The Morgan fingerprint density at radius 1 is 0.902 bits per heavy atom. The van der Waals surface area contributed by atoms with Crippen molar-refractivity contribution in [2.45, 2.75) is 56.7 Å². The average Bonchev–Trinajstić information content (AvgIpc) is 3.71. The van der Waals surface area contributed by atoms with Crippen LogP contribution in [0.3, 0.4) is 0 Å². The summed E-state index contributed by atoms with van der Waals surface area (Å²) in [5.74, 6) is 0.866. The van der Waals surface area contributed by atoms with Crippen LogP contribution in [0.4, 0.5) is 5.13 Å². The fraction of sp³-hybridized carbons (Fsp3) is 0.300. The number of fused-ring (bicyclic) bond motifs is 1. The Hall–Kier alpha value is -4.87. The van der Waals surface area contributed by atoms with Crippen LogP contribution in [-0.2, 0) is 15.3 Å². The number of aliphatic hydroxyl groups is 1. The molecule has 0 spiro atoms. The van der Waals surface area contributed by atoms with E-state index in [-0.39, 0.29) is 16.5 Å². The van der Waals surface area contributed by atoms with Gasteiger partial charge >= 0.3 is 5.91 Å². The van der Waals surface area contributed by atoms with E-state index in [0.717, 1.165) is 29.2 Å². The number of benzene rings is 4. The van der Waals surface area contributed by atoms with Crippen molar-refractivity contribution in [1.82, 2.24) is 10.2 Å². The van der Waals surface area contributed by atoms with Crippen LogP contribution in [0.25, 0.3) is 16.5 Å². The first kappa shape index (κ1) is 35.9. The number of aromatic nitrogens is 2. The summed E-state index contributed by atoms with van der Waals surface area (Å²) < 4.78 is 18.4. The van der Waals surface area contributed by atoms with Crippen LogP contribution in [0.2, 0.25) is 0 Å². The molecule has 6 rings (SSSR count). The van der Waals surface area contributed by atoms with Gasteiger partial charge in [0, 0.05) is 11.3 Å². The van der Waals surface area contributed by atoms with E-state index < -0.39 is 17.7 Å². The second kappa shape index (κ2) is 16.4. The number of Topliss-reactive ketones (excluding diaryl/α,β-unsaturated/α-hetero) is 1. The zero-order valence-corrected chi connectivity index (χ0v) is 30.8. The van der Waals surface area contributed by atoms with Gasteiger partial charge in [-0.25, -0.2) is 0 Å². The van der Waals surface area contributed by atoms with E-state index in [1.807, 2.05) is 32.0 Å². The highest BCUT2D eigenvalue weighted by Gasteiger charge is 2.48. The van der Waals surface area contributed by atoms with Gasteiger partial charge in [-0.15, -0.1) is 10.2 Å². The summed E-state index contributed by atoms with van der Waals surface area (Å²) >= 11 is 2.74. The maximum Gasteiger partial charge on any atom is 0.301 e. The molecular weight excluding hydrogens is 683 g/mol. The third kappa shape index (κ3) is 8.05. The first-order valence-electron chi connectivity index (χ1n) is 17.2. The molecule has 1 aromatic heterocycles. The van der Waals surface area contributed by atoms with Gasteiger partial charge in [0.25, 0.3) is 5.78 Å². The van der Waals surface area contributed by atoms with Gasteiger partial charge in [0.1, 0.15) is 11.5 Å². The number of aliphatic hydroxyl groups excluding tert-OH is 1. The molecule has 4 aromatic carbocycles. The molecule has 1 saturated heterocycles. The van der Waals surface area contributed by atoms with Crippen LogP contribution in [0.15, 0.2) is 94.8 Å². The molecule has 51 heavy (non-hydrogen) atoms. The molecule has 1 unspecified atom stereocenters. The minimum atomic E-state index is -1.01. The number of hydrogen-bond donors (Lipinski definition) is 1. The highest BCUT2D eigenvalue weighted by molar-refractivity contribution is 8.00. The maximum absolute atomic E-state index is 13.9. The van der Waals surface area contributed by atoms with Gasteiger partial charge < -0.3 is 19.3 Å². The predicted octanol–water partition coefficient (Wildman–Crippen LogP) is 9.22. The Bertz CT molecular complexity index is 2040. The molecule has 0 saturated carbocycles. The number of nitrogens with zero attached hydrogens (tertiary/aromatic N) is 3. The summed E-state index contributed by atoms with van der Waals surface area (Å²) in [6.45, 7) is 9.60. The quantitative estimate of drug-likeness (QED) is 0.0372. The fourth-order valence-electron chi connectivity index (χ4n) is 5.83. The van der Waals surface area contributed by atoms with Crippen LogP contribution in [0.1, 0.15) is 63.3 Å². The molecule has 2 heterocycles. The predicted molar refractivity (Wildman–Crippen MR) is 203 cm³/mol. The van der Waals surface area contributed by atoms with Gasteiger partial charge in [0.05, 0.1) is 31.4 Å². The molecular formula is C40H41N3O6S2. The molecule has 1 N–H and O–H groups in total. The number of ether oxygens (including phenoxy) is 3. The van der Waals surface area contributed by atoms with Crippen molar-refractivity contribution in [3.63, 3.8) is 0 Å². The molecule has 0 bridgehead atoms. The first-order valence-corrected chi connectivity index (χ1v) is 19.0. The number of carbonyl (C=O) groups excluding carboxylic acids is 2. The molecule has 1 amide bonds. The molecule has 5 aromatic rings. The van der Waals surface area contributed by atoms with E-state index in [0.29, 0.717) is 64.2 Å². The van der Waals surface area contributed by atoms with Gasteiger partial charge in [0.2, 0.25) is 5.13 Å². The normalized spacial score (nSPS) is 15.5. The molecule has 1 fully saturated rings. The molecule has 0 aliphatic carbocycles. The lowest BCUT2D eigenvalue weighted by molar-refractivity contribution is -0.132. The van der Waals surface area contributed by atoms with Crippen molar-refractivity contribution >= 4 is 56.5 Å². The second-order valence-corrected chi connectivity index (χ2v) is 14.7. The van der Waals surface area contributed by atoms with Crippen LogP contribution in [-0.4, -0.2) is 46.8 Å². The van der Waals surface area contributed by atoms with Crippen LogP contribution < -0.4 is 19.1 Å². The summed E-state index contributed by atoms with van der Waals surface area (Å²) in [5, 5.41) is 23.1. The monoisotopic (exact) mass is 723 g/mol. The van der Waals surface area contributed by atoms with E-state index in [4.69, 9.17) is 14.2 Å². The van der Waals surface area contributed by atoms with E-state index >= 15 is 0 Å². The zero-order valence-electron chi connectivity index (χ0n) is 29.1. The maximum atomic E-state index is 13.9. The van der Waals surface area contributed by atoms with E-state index in [1.54, 1.807) is 42.5 Å². The molecule has 0 radical (unpaired) electrons. The number of ketones is 1. The summed E-state index contributed by atoms with van der Waals surface area (Å²) in [4.78, 5) is 29.1. The topological polar surface area (TPSA) is 111 Å². The van der Waals surface area contributed by atoms with Gasteiger partial charge in [0.15, 0.2) is 15.8 Å². The van der Waals surface area contributed by atoms with Crippen molar-refractivity contribution in [1.29, 1.82) is 0 Å². The molecule has 1 atom stereocenters. The van der Waals surface area contributed by atoms with Crippen molar-refractivity contribution in [2.75, 3.05) is 24.7 Å². The lowest BCUT2D eigenvalue weighted by Gasteiger charge is -2.24. The Morgan fingerprint density at radius 3 is 2.45 bits per heavy atom. The largest absolute Gasteiger partial charge is 0.507 e. The van der Waals surface area contributed by atoms with Crippen molar-refractivity contribution < 1.29 is 28.9 Å². The SMILES string of the molecule is CCCOc1ccc(C(O)=C2C(=O)C(=O)N(c3nnc(SCc4cccc5ccccc45)s3)C2c2ccc(OCCC(C)C)c(OCC)c2)cc1. The van der Waals surface area contributed by atoms with E-state index in [1.165, 1.54) is 28.0 Å². The van der Waals surface area contributed by atoms with Crippen LogP contribution in [0.5, 0.6) is 17.2 Å². The van der Waals surface area contributed by atoms with Gasteiger partial charge in [-0.3, -0.25) is 14.5 Å². The Balaban J connectivity index is 1.38. The Morgan fingerprint density at radius 2 is 1.69 bits per heavy atom. The lowest BCUT2D eigenvalue weighted by atomic mass is 9.95. The van der Waals surface area contributed by atoms with Crippen molar-refractivity contribution in [3.05, 3.63) is 107 Å². The molecule has 9 nitrogen and oxygen atoms in total. The van der Waals surface area contributed by atoms with Gasteiger partial charge in [-0.05, 0) is 84.0 Å². The fourth-order valence-corrected chi connectivity index (χ4v) is 7.70. The molecule has 264 valence electrons. The third-order valence-corrected chi connectivity index (χ3v) is 10.5. The van der Waals surface area contributed by atoms with E-state index in [9.17, 15) is 14.7 Å². The summed E-state index contributed by atoms with van der Waals surface area (Å²) in [5.41, 5.74) is 2.03. The number of amides is 1. The minimum absolute atomic E-state index is 0.0571. The number of thioether (sulfide) groups is 1. The first-order chi connectivity index (χ1) is 24.8. The summed E-state index contributed by atoms with van der Waals surface area (Å²) in [6, 6.07) is 25.6. The smallest absolute Gasteiger partial charge is 0.301 e. The zero-order chi connectivity index (χ0) is 35.9. The van der Waals surface area contributed by atoms with Crippen molar-refractivity contribution in [2.24, 2.45) is 5.92 Å². The van der Waals surface area contributed by atoms with Gasteiger partial charge in [-0.1, -0.05) is 92.4 Å². The standard InChI is InChI=1S/C40H41N3O6S2/c1-5-21-48-30-17-14-27(15-18-30)36(44)34-35(28-16-19-32(33(23-28)47-6-2)49-22-20-25(3)4)43(38(46)37(34)45)39-41-42-40(51-39)50-24-29-12-9-11-26-10-7-8-13-31(26)29/h7-19,23,25,35,44H,5-6,20-22,24H2,1-4H3. The van der Waals surface area contributed by atoms with Crippen LogP contribution in [0, 0.1) is 5.92 Å². The highest BCUT2D eigenvalue weighted by Crippen LogP contribution is 2.46. The van der Waals surface area contributed by atoms with E-state index in [2.05, 4.69) is 48.3 Å². The van der Waals surface area contributed by atoms with Crippen LogP contribution >= 0.6 is 23.1 Å². The Labute approximate surface area is 306 Å². The number of rotatable bonds is 15. The Kier molecular flexibility index (Phi) is 11.6. The lowest BCUT2D eigenvalue weighted by Crippen LogP contribution is -2.29. The highest BCUT2D eigenvalue weighted by atomic mass is 32.2. The number of carbonyl (C=O) groups is 2. The minimum Gasteiger partial charge on any atom is -0.507 e. The molecule has 11 heteroatoms. The summed E-state index contributed by atoms with van der Waals surface area (Å²) in [6.07, 6.45) is 1.72. The number of hydrogen-bond acceptors (Lipinski definition) is 10. The van der Waals surface area contributed by atoms with Crippen molar-refractivity contribution in [3.8, 4) is 17.2 Å². The second-order valence-electron chi connectivity index (χ2n) is 12.5. The van der Waals surface area contributed by atoms with Gasteiger partial charge in [-0.2, -0.15) is 0 Å². The molecule has 1 aliphatic heterocycles. The molecule has 1 aliphatic rings. The third-order valence-electron chi connectivity index (χ3n) is 8.41. The average molecular weight is 724 g/mol. The summed E-state index contributed by atoms with van der Waals surface area (Å²) in [7, 11) is 0.